The van der Waals surface area contributed by atoms with E-state index in [4.69, 9.17) is 4.74 Å². The molecule has 2 N–H and O–H groups in total. The summed E-state index contributed by atoms with van der Waals surface area (Å²) in [6.07, 6.45) is 1.94. The van der Waals surface area contributed by atoms with Crippen molar-refractivity contribution in [1.29, 1.82) is 0 Å². The maximum Gasteiger partial charge on any atom is 0.407 e. The summed E-state index contributed by atoms with van der Waals surface area (Å²) < 4.78 is 5.19. The average Bonchev–Trinajstić information content (AvgIpc) is 2.12. The number of rotatable bonds is 2. The molecule has 0 aliphatic carbocycles. The Kier molecular flexibility index (Phi) is 4.59. The van der Waals surface area contributed by atoms with E-state index in [1.807, 2.05) is 20.8 Å². The summed E-state index contributed by atoms with van der Waals surface area (Å²) in [6, 6.07) is 0.555. The van der Waals surface area contributed by atoms with Crippen LogP contribution in [0, 0.1) is 5.92 Å². The van der Waals surface area contributed by atoms with Crippen molar-refractivity contribution in [2.24, 2.45) is 5.92 Å². The first kappa shape index (κ1) is 13.3. The Bertz CT molecular complexity index is 236. The second-order valence-electron chi connectivity index (χ2n) is 5.63. The molecule has 1 aliphatic rings. The lowest BCUT2D eigenvalue weighted by atomic mass is 9.93. The van der Waals surface area contributed by atoms with Crippen LogP contribution in [0.5, 0.6) is 0 Å². The van der Waals surface area contributed by atoms with Crippen molar-refractivity contribution >= 4 is 6.09 Å². The fraction of sp³-hybridized carbons (Fsp3) is 0.917. The SMILES string of the molecule is C[C@@H]1C[C@@H](CNC(=O)OC(C)(C)C)CCN1. The van der Waals surface area contributed by atoms with Crippen LogP contribution in [0.4, 0.5) is 4.79 Å². The number of amides is 1. The van der Waals surface area contributed by atoms with E-state index in [1.165, 1.54) is 0 Å². The van der Waals surface area contributed by atoms with Crippen LogP contribution in [0.3, 0.4) is 0 Å². The van der Waals surface area contributed by atoms with Crippen molar-refractivity contribution in [3.63, 3.8) is 0 Å². The molecule has 16 heavy (non-hydrogen) atoms. The molecule has 0 saturated carbocycles. The van der Waals surface area contributed by atoms with Gasteiger partial charge in [0, 0.05) is 12.6 Å². The van der Waals surface area contributed by atoms with Crippen LogP contribution in [0.1, 0.15) is 40.5 Å². The largest absolute Gasteiger partial charge is 0.444 e. The highest BCUT2D eigenvalue weighted by Crippen LogP contribution is 2.15. The molecule has 0 aromatic rings. The third kappa shape index (κ3) is 5.35. The van der Waals surface area contributed by atoms with Gasteiger partial charge in [-0.3, -0.25) is 0 Å². The van der Waals surface area contributed by atoms with Crippen LogP contribution in [0.25, 0.3) is 0 Å². The first-order chi connectivity index (χ1) is 7.37. The summed E-state index contributed by atoms with van der Waals surface area (Å²) >= 11 is 0. The topological polar surface area (TPSA) is 50.4 Å². The lowest BCUT2D eigenvalue weighted by molar-refractivity contribution is 0.0514. The first-order valence-electron chi connectivity index (χ1n) is 6.07. The summed E-state index contributed by atoms with van der Waals surface area (Å²) in [7, 11) is 0. The predicted molar refractivity (Wildman–Crippen MR) is 64.4 cm³/mol. The lowest BCUT2D eigenvalue weighted by Crippen LogP contribution is -2.41. The summed E-state index contributed by atoms with van der Waals surface area (Å²) in [6.45, 7) is 9.57. The van der Waals surface area contributed by atoms with Gasteiger partial charge in [0.1, 0.15) is 5.60 Å². The monoisotopic (exact) mass is 228 g/mol. The molecule has 94 valence electrons. The van der Waals surface area contributed by atoms with Gasteiger partial charge < -0.3 is 15.4 Å². The highest BCUT2D eigenvalue weighted by molar-refractivity contribution is 5.67. The van der Waals surface area contributed by atoms with E-state index in [-0.39, 0.29) is 6.09 Å². The third-order valence-electron chi connectivity index (χ3n) is 2.67. The maximum atomic E-state index is 11.4. The maximum absolute atomic E-state index is 11.4. The zero-order valence-electron chi connectivity index (χ0n) is 10.8. The van der Waals surface area contributed by atoms with Gasteiger partial charge in [-0.25, -0.2) is 4.79 Å². The van der Waals surface area contributed by atoms with Gasteiger partial charge in [0.25, 0.3) is 0 Å². The number of ether oxygens (including phenoxy) is 1. The molecular formula is C12H24N2O2. The Labute approximate surface area is 98.1 Å². The Morgan fingerprint density at radius 2 is 2.19 bits per heavy atom. The standard InChI is InChI=1S/C12H24N2O2/c1-9-7-10(5-6-13-9)8-14-11(15)16-12(2,3)4/h9-10,13H,5-8H2,1-4H3,(H,14,15)/t9-,10+/m1/s1. The van der Waals surface area contributed by atoms with Crippen LogP contribution < -0.4 is 10.6 Å². The minimum atomic E-state index is -0.411. The molecule has 1 saturated heterocycles. The van der Waals surface area contributed by atoms with Gasteiger partial charge in [0.15, 0.2) is 0 Å². The summed E-state index contributed by atoms with van der Waals surface area (Å²) in [5, 5.41) is 6.23. The number of hydrogen-bond acceptors (Lipinski definition) is 3. The summed E-state index contributed by atoms with van der Waals surface area (Å²) in [5.41, 5.74) is -0.411. The van der Waals surface area contributed by atoms with Gasteiger partial charge in [0.2, 0.25) is 0 Å². The van der Waals surface area contributed by atoms with E-state index >= 15 is 0 Å². The second kappa shape index (κ2) is 5.53. The molecule has 4 nitrogen and oxygen atoms in total. The van der Waals surface area contributed by atoms with Gasteiger partial charge in [-0.1, -0.05) is 0 Å². The highest BCUT2D eigenvalue weighted by atomic mass is 16.6. The lowest BCUT2D eigenvalue weighted by Gasteiger charge is -2.28. The number of piperidine rings is 1. The smallest absolute Gasteiger partial charge is 0.407 e. The van der Waals surface area contributed by atoms with Crippen molar-refractivity contribution in [2.75, 3.05) is 13.1 Å². The van der Waals surface area contributed by atoms with Crippen LogP contribution in [-0.2, 0) is 4.74 Å². The molecule has 0 spiro atoms. The fourth-order valence-electron chi connectivity index (χ4n) is 1.96. The van der Waals surface area contributed by atoms with E-state index in [0.29, 0.717) is 12.0 Å². The van der Waals surface area contributed by atoms with Crippen molar-refractivity contribution in [2.45, 2.75) is 52.2 Å². The normalized spacial score (nSPS) is 26.2. The Morgan fingerprint density at radius 3 is 2.75 bits per heavy atom. The van der Waals surface area contributed by atoms with E-state index in [1.54, 1.807) is 0 Å². The van der Waals surface area contributed by atoms with Gasteiger partial charge in [-0.2, -0.15) is 0 Å². The Morgan fingerprint density at radius 1 is 1.50 bits per heavy atom. The van der Waals surface area contributed by atoms with Crippen molar-refractivity contribution in [3.05, 3.63) is 0 Å². The highest BCUT2D eigenvalue weighted by Gasteiger charge is 2.20. The van der Waals surface area contributed by atoms with E-state index < -0.39 is 5.60 Å². The zero-order valence-corrected chi connectivity index (χ0v) is 10.8. The first-order valence-corrected chi connectivity index (χ1v) is 6.07. The van der Waals surface area contributed by atoms with Crippen LogP contribution in [0.15, 0.2) is 0 Å². The molecule has 1 rings (SSSR count). The molecule has 0 aromatic heterocycles. The molecule has 0 aromatic carbocycles. The van der Waals surface area contributed by atoms with Gasteiger partial charge in [0.05, 0.1) is 0 Å². The molecule has 0 bridgehead atoms. The molecular weight excluding hydrogens is 204 g/mol. The van der Waals surface area contributed by atoms with Crippen molar-refractivity contribution in [3.8, 4) is 0 Å². The molecule has 0 unspecified atom stereocenters. The van der Waals surface area contributed by atoms with E-state index in [0.717, 1.165) is 25.9 Å². The van der Waals surface area contributed by atoms with Gasteiger partial charge in [-0.15, -0.1) is 0 Å². The Balaban J connectivity index is 2.21. The molecule has 1 amide bonds. The fourth-order valence-corrected chi connectivity index (χ4v) is 1.96. The molecule has 0 radical (unpaired) electrons. The molecule has 2 atom stereocenters. The van der Waals surface area contributed by atoms with Crippen molar-refractivity contribution < 1.29 is 9.53 Å². The van der Waals surface area contributed by atoms with Gasteiger partial charge >= 0.3 is 6.09 Å². The number of carbonyl (C=O) groups is 1. The number of nitrogens with one attached hydrogen (secondary N) is 2. The predicted octanol–water partition coefficient (Wildman–Crippen LogP) is 1.90. The van der Waals surface area contributed by atoms with Crippen LogP contribution in [-0.4, -0.2) is 30.8 Å². The molecule has 4 heteroatoms. The number of hydrogen-bond donors (Lipinski definition) is 2. The minimum Gasteiger partial charge on any atom is -0.444 e. The summed E-state index contributed by atoms with van der Waals surface area (Å²) in [5.74, 6) is 0.573. The average molecular weight is 228 g/mol. The molecule has 1 heterocycles. The quantitative estimate of drug-likeness (QED) is 0.759. The number of alkyl carbamates (subject to hydrolysis) is 1. The van der Waals surface area contributed by atoms with Gasteiger partial charge in [-0.05, 0) is 53.0 Å². The zero-order chi connectivity index (χ0) is 12.2. The second-order valence-corrected chi connectivity index (χ2v) is 5.63. The minimum absolute atomic E-state index is 0.307. The van der Waals surface area contributed by atoms with Crippen LogP contribution in [0.2, 0.25) is 0 Å². The van der Waals surface area contributed by atoms with Crippen molar-refractivity contribution in [1.82, 2.24) is 10.6 Å². The van der Waals surface area contributed by atoms with E-state index in [9.17, 15) is 4.79 Å². The van der Waals surface area contributed by atoms with E-state index in [2.05, 4.69) is 17.6 Å². The third-order valence-corrected chi connectivity index (χ3v) is 2.67. The van der Waals surface area contributed by atoms with Crippen LogP contribution >= 0.6 is 0 Å². The molecule has 1 aliphatic heterocycles. The number of carbonyl (C=O) groups excluding carboxylic acids is 1. The Hall–Kier alpha value is -0.770. The summed E-state index contributed by atoms with van der Waals surface area (Å²) in [4.78, 5) is 11.4. The molecule has 1 fully saturated rings.